The van der Waals surface area contributed by atoms with Crippen molar-refractivity contribution in [3.63, 3.8) is 0 Å². The number of hydrogen-bond acceptors (Lipinski definition) is 7. The van der Waals surface area contributed by atoms with Gasteiger partial charge in [-0.1, -0.05) is 30.3 Å². The van der Waals surface area contributed by atoms with E-state index in [1.807, 2.05) is 54.6 Å². The Kier molecular flexibility index (Phi) is 9.04. The number of ether oxygens (including phenoxy) is 2. The summed E-state index contributed by atoms with van der Waals surface area (Å²) in [4.78, 5) is 45.9. The van der Waals surface area contributed by atoms with Crippen LogP contribution in [0.25, 0.3) is 11.4 Å². The number of amides is 1. The summed E-state index contributed by atoms with van der Waals surface area (Å²) < 4.78 is 10.9. The predicted octanol–water partition coefficient (Wildman–Crippen LogP) is 3.28. The summed E-state index contributed by atoms with van der Waals surface area (Å²) in [6.07, 6.45) is 3.90. The zero-order chi connectivity index (χ0) is 26.0. The van der Waals surface area contributed by atoms with E-state index in [1.165, 1.54) is 6.20 Å². The Morgan fingerprint density at radius 2 is 1.81 bits per heavy atom. The second kappa shape index (κ2) is 12.8. The number of carbonyl (C=O) groups excluding carboxylic acids is 2. The Hall–Kier alpha value is -3.98. The number of para-hydroxylation sites is 1. The first kappa shape index (κ1) is 26.1. The van der Waals surface area contributed by atoms with Crippen LogP contribution >= 0.6 is 0 Å². The van der Waals surface area contributed by atoms with Gasteiger partial charge in [0.15, 0.2) is 0 Å². The molecule has 2 heterocycles. The van der Waals surface area contributed by atoms with Gasteiger partial charge < -0.3 is 24.7 Å². The van der Waals surface area contributed by atoms with E-state index in [2.05, 4.69) is 20.2 Å². The highest BCUT2D eigenvalue weighted by Crippen LogP contribution is 2.26. The summed E-state index contributed by atoms with van der Waals surface area (Å²) in [6, 6.07) is 16.8. The quantitative estimate of drug-likeness (QED) is 0.322. The van der Waals surface area contributed by atoms with Crippen LogP contribution in [0.4, 0.5) is 0 Å². The number of nitrogens with one attached hydrogen (secondary N) is 2. The van der Waals surface area contributed by atoms with Crippen molar-refractivity contribution in [2.24, 2.45) is 0 Å². The Bertz CT molecular complexity index is 1250. The summed E-state index contributed by atoms with van der Waals surface area (Å²) >= 11 is 0. The van der Waals surface area contributed by atoms with E-state index in [0.29, 0.717) is 29.3 Å². The second-order valence-corrected chi connectivity index (χ2v) is 8.85. The molecule has 0 aliphatic carbocycles. The van der Waals surface area contributed by atoms with Crippen LogP contribution < -0.4 is 15.6 Å². The molecule has 0 saturated carbocycles. The van der Waals surface area contributed by atoms with E-state index >= 15 is 0 Å². The monoisotopic (exact) mass is 504 g/mol. The molecule has 2 aromatic carbocycles. The number of piperidine rings is 1. The van der Waals surface area contributed by atoms with Gasteiger partial charge in [0, 0.05) is 37.4 Å². The average Bonchev–Trinajstić information content (AvgIpc) is 2.92. The maximum atomic E-state index is 12.4. The number of esters is 1. The minimum Gasteiger partial charge on any atom is -0.493 e. The number of aromatic amines is 1. The summed E-state index contributed by atoms with van der Waals surface area (Å²) in [6.45, 7) is 5.11. The van der Waals surface area contributed by atoms with Gasteiger partial charge in [0.1, 0.15) is 17.1 Å². The largest absolute Gasteiger partial charge is 0.493 e. The third-order valence-corrected chi connectivity index (χ3v) is 6.27. The van der Waals surface area contributed by atoms with Gasteiger partial charge in [0.25, 0.3) is 11.5 Å². The van der Waals surface area contributed by atoms with Gasteiger partial charge in [-0.15, -0.1) is 0 Å². The minimum absolute atomic E-state index is 0.0162. The Labute approximate surface area is 215 Å². The molecule has 9 heteroatoms. The number of aromatic nitrogens is 2. The maximum Gasteiger partial charge on any atom is 0.345 e. The SMILES string of the molecule is CCOC(=O)c1cnc(-c2ccccc2OCCCN2CCC(NC(=O)c3ccccc3)CC2)[nH]c1=O. The van der Waals surface area contributed by atoms with E-state index in [0.717, 1.165) is 38.9 Å². The number of H-pyrrole nitrogens is 1. The van der Waals surface area contributed by atoms with Crippen molar-refractivity contribution in [3.05, 3.63) is 82.3 Å². The molecule has 1 aromatic heterocycles. The van der Waals surface area contributed by atoms with E-state index in [1.54, 1.807) is 6.92 Å². The molecule has 1 amide bonds. The van der Waals surface area contributed by atoms with Gasteiger partial charge in [0.05, 0.1) is 18.8 Å². The molecule has 37 heavy (non-hydrogen) atoms. The van der Waals surface area contributed by atoms with Crippen molar-refractivity contribution in [3.8, 4) is 17.1 Å². The second-order valence-electron chi connectivity index (χ2n) is 8.85. The first-order valence-corrected chi connectivity index (χ1v) is 12.6. The number of benzene rings is 2. The number of rotatable bonds is 10. The van der Waals surface area contributed by atoms with Crippen molar-refractivity contribution in [2.45, 2.75) is 32.2 Å². The van der Waals surface area contributed by atoms with Gasteiger partial charge in [0.2, 0.25) is 0 Å². The van der Waals surface area contributed by atoms with Crippen LogP contribution in [0.2, 0.25) is 0 Å². The molecule has 0 unspecified atom stereocenters. The fourth-order valence-electron chi connectivity index (χ4n) is 4.30. The molecule has 3 aromatic rings. The minimum atomic E-state index is -0.699. The molecule has 1 aliphatic rings. The third kappa shape index (κ3) is 7.04. The third-order valence-electron chi connectivity index (χ3n) is 6.27. The van der Waals surface area contributed by atoms with Crippen molar-refractivity contribution in [1.82, 2.24) is 20.2 Å². The van der Waals surface area contributed by atoms with Crippen LogP contribution in [0.15, 0.2) is 65.6 Å². The lowest BCUT2D eigenvalue weighted by molar-refractivity contribution is 0.0523. The van der Waals surface area contributed by atoms with Crippen molar-refractivity contribution in [2.75, 3.05) is 32.8 Å². The number of likely N-dealkylation sites (tertiary alicyclic amines) is 1. The van der Waals surface area contributed by atoms with Gasteiger partial charge in [-0.25, -0.2) is 9.78 Å². The topological polar surface area (TPSA) is 114 Å². The zero-order valence-corrected chi connectivity index (χ0v) is 20.9. The van der Waals surface area contributed by atoms with Crippen LogP contribution in [-0.2, 0) is 4.74 Å². The molecule has 0 bridgehead atoms. The molecular formula is C28H32N4O5. The summed E-state index contributed by atoms with van der Waals surface area (Å²) in [5, 5.41) is 3.14. The smallest absolute Gasteiger partial charge is 0.345 e. The van der Waals surface area contributed by atoms with Gasteiger partial charge in [-0.2, -0.15) is 0 Å². The highest BCUT2D eigenvalue weighted by Gasteiger charge is 2.21. The fourth-order valence-corrected chi connectivity index (χ4v) is 4.30. The summed E-state index contributed by atoms with van der Waals surface area (Å²) in [7, 11) is 0. The summed E-state index contributed by atoms with van der Waals surface area (Å²) in [5.41, 5.74) is 0.649. The van der Waals surface area contributed by atoms with Crippen LogP contribution in [-0.4, -0.2) is 65.6 Å². The molecule has 4 rings (SSSR count). The highest BCUT2D eigenvalue weighted by molar-refractivity contribution is 5.94. The highest BCUT2D eigenvalue weighted by atomic mass is 16.5. The van der Waals surface area contributed by atoms with Crippen molar-refractivity contribution in [1.29, 1.82) is 0 Å². The molecule has 2 N–H and O–H groups in total. The molecule has 0 spiro atoms. The zero-order valence-electron chi connectivity index (χ0n) is 20.9. The van der Waals surface area contributed by atoms with Crippen LogP contribution in [0.5, 0.6) is 5.75 Å². The maximum absolute atomic E-state index is 12.4. The van der Waals surface area contributed by atoms with Crippen LogP contribution in [0.1, 0.15) is 46.9 Å². The number of hydrogen-bond donors (Lipinski definition) is 2. The lowest BCUT2D eigenvalue weighted by Gasteiger charge is -2.32. The number of nitrogens with zero attached hydrogens (tertiary/aromatic N) is 2. The summed E-state index contributed by atoms with van der Waals surface area (Å²) in [5.74, 6) is 0.220. The molecule has 1 fully saturated rings. The number of carbonyl (C=O) groups is 2. The molecule has 1 aliphatic heterocycles. The molecule has 9 nitrogen and oxygen atoms in total. The fraction of sp³-hybridized carbons (Fsp3) is 0.357. The Morgan fingerprint density at radius 1 is 1.08 bits per heavy atom. The molecule has 0 radical (unpaired) electrons. The predicted molar refractivity (Wildman–Crippen MR) is 140 cm³/mol. The van der Waals surface area contributed by atoms with Gasteiger partial charge in [-0.05, 0) is 50.5 Å². The van der Waals surface area contributed by atoms with E-state index in [9.17, 15) is 14.4 Å². The van der Waals surface area contributed by atoms with Gasteiger partial charge in [-0.3, -0.25) is 9.59 Å². The van der Waals surface area contributed by atoms with E-state index < -0.39 is 11.5 Å². The lowest BCUT2D eigenvalue weighted by Crippen LogP contribution is -2.45. The average molecular weight is 505 g/mol. The first-order valence-electron chi connectivity index (χ1n) is 12.6. The first-order chi connectivity index (χ1) is 18.0. The van der Waals surface area contributed by atoms with Gasteiger partial charge >= 0.3 is 5.97 Å². The lowest BCUT2D eigenvalue weighted by atomic mass is 10.0. The van der Waals surface area contributed by atoms with E-state index in [-0.39, 0.29) is 24.1 Å². The molecular weight excluding hydrogens is 472 g/mol. The van der Waals surface area contributed by atoms with Crippen molar-refractivity contribution < 1.29 is 19.1 Å². The Morgan fingerprint density at radius 3 is 2.54 bits per heavy atom. The van der Waals surface area contributed by atoms with Crippen LogP contribution in [0.3, 0.4) is 0 Å². The van der Waals surface area contributed by atoms with Crippen molar-refractivity contribution >= 4 is 11.9 Å². The normalized spacial score (nSPS) is 14.2. The molecule has 1 saturated heterocycles. The molecule has 0 atom stereocenters. The van der Waals surface area contributed by atoms with Crippen LogP contribution in [0, 0.1) is 0 Å². The Balaban J connectivity index is 1.24. The van der Waals surface area contributed by atoms with E-state index in [4.69, 9.17) is 9.47 Å². The molecule has 194 valence electrons. The standard InChI is InChI=1S/C28H32N4O5/c1-2-36-28(35)23-19-29-25(31-27(23)34)22-11-6-7-12-24(22)37-18-8-15-32-16-13-21(14-17-32)30-26(33)20-9-4-3-5-10-20/h3-7,9-12,19,21H,2,8,13-18H2,1H3,(H,30,33)(H,29,31,34).